The standard InChI is InChI=1S/C64H44N3/c1-6-22-45(23-7-1)60-41-48-37-38-51(42-56(48)63-61(46-24-8-2-9-25-46)62(65-67(60)63)47-26-10-3-11-27-47)66(59-36-20-28-44-21-16-17-33-53(44)59)52-39-40-55-54-34-18-19-35-57(54)64(58(55)43-52,49-29-12-4-13-30-49)50-31-14-5-15-32-50/h1-43,62H/q+1. The molecule has 0 spiro atoms. The van der Waals surface area contributed by atoms with Gasteiger partial charge in [0.15, 0.2) is 6.04 Å². The van der Waals surface area contributed by atoms with Gasteiger partial charge in [-0.2, -0.15) is 0 Å². The Bertz CT molecular complexity index is 3750. The molecule has 1 aromatic heterocycles. The number of rotatable bonds is 8. The van der Waals surface area contributed by atoms with Crippen LogP contribution in [-0.4, -0.2) is 0 Å². The molecule has 0 N–H and O–H groups in total. The van der Waals surface area contributed by atoms with Gasteiger partial charge in [-0.15, -0.1) is 0 Å². The van der Waals surface area contributed by atoms with E-state index in [1.54, 1.807) is 0 Å². The molecule has 2 aliphatic rings. The predicted molar refractivity (Wildman–Crippen MR) is 275 cm³/mol. The molecule has 1 unspecified atom stereocenters. The van der Waals surface area contributed by atoms with Gasteiger partial charge in [0.1, 0.15) is 0 Å². The van der Waals surface area contributed by atoms with E-state index in [1.807, 2.05) is 0 Å². The molecule has 0 bridgehead atoms. The van der Waals surface area contributed by atoms with Gasteiger partial charge in [0, 0.05) is 28.4 Å². The van der Waals surface area contributed by atoms with Crippen molar-refractivity contribution in [3.05, 3.63) is 300 Å². The molecule has 1 atom stereocenters. The Balaban J connectivity index is 1.13. The molecule has 13 rings (SSSR count). The van der Waals surface area contributed by atoms with E-state index in [0.29, 0.717) is 0 Å². The van der Waals surface area contributed by atoms with Gasteiger partial charge in [-0.05, 0) is 107 Å². The summed E-state index contributed by atoms with van der Waals surface area (Å²) in [6.07, 6.45) is 0. The number of hydrogen-bond acceptors (Lipinski definition) is 2. The molecule has 3 heteroatoms. The average molecular weight is 855 g/mol. The Morgan fingerprint density at radius 1 is 0.403 bits per heavy atom. The Labute approximate surface area is 390 Å². The lowest BCUT2D eigenvalue weighted by Gasteiger charge is -2.35. The van der Waals surface area contributed by atoms with E-state index in [0.717, 1.165) is 55.6 Å². The highest BCUT2D eigenvalue weighted by Gasteiger charge is 2.46. The molecule has 1 aliphatic heterocycles. The van der Waals surface area contributed by atoms with Crippen LogP contribution in [0.5, 0.6) is 0 Å². The summed E-state index contributed by atoms with van der Waals surface area (Å²) in [6, 6.07) is 95.2. The highest BCUT2D eigenvalue weighted by molar-refractivity contribution is 6.01. The summed E-state index contributed by atoms with van der Waals surface area (Å²) in [5.41, 5.74) is 16.0. The summed E-state index contributed by atoms with van der Waals surface area (Å²) in [5.74, 6) is 0. The highest BCUT2D eigenvalue weighted by Crippen LogP contribution is 2.57. The van der Waals surface area contributed by atoms with Crippen molar-refractivity contribution >= 4 is 44.2 Å². The molecule has 314 valence electrons. The van der Waals surface area contributed by atoms with E-state index in [-0.39, 0.29) is 6.04 Å². The molecule has 1 aliphatic carbocycles. The number of pyridine rings is 1. The number of benzene rings is 10. The molecular formula is C64H44N3+. The zero-order valence-corrected chi connectivity index (χ0v) is 36.7. The fraction of sp³-hybridized carbons (Fsp3) is 0.0312. The molecule has 0 fully saturated rings. The number of nitrogens with zero attached hydrogens (tertiary/aromatic N) is 3. The first-order valence-corrected chi connectivity index (χ1v) is 23.2. The van der Waals surface area contributed by atoms with Gasteiger partial charge in [-0.3, -0.25) is 0 Å². The first-order chi connectivity index (χ1) is 33.3. The fourth-order valence-electron chi connectivity index (χ4n) is 11.1. The Hall–Kier alpha value is -8.66. The zero-order valence-electron chi connectivity index (χ0n) is 36.7. The SMILES string of the molecule is c1ccc(C2=c3c4cc(N(c5ccc6c(c5)C(c5ccccc5)(c5ccccc5)c5ccccc5-6)c5cccc6ccccc56)ccc4cc(-c4ccccc4)[n+]3=NC2c2ccccc2)cc1. The number of fused-ring (bicyclic) bond motifs is 7. The van der Waals surface area contributed by atoms with Crippen LogP contribution >= 0.6 is 0 Å². The summed E-state index contributed by atoms with van der Waals surface area (Å²) in [6.45, 7) is 0. The molecule has 0 saturated heterocycles. The maximum absolute atomic E-state index is 5.64. The third-order valence-corrected chi connectivity index (χ3v) is 14.0. The molecule has 0 saturated carbocycles. The highest BCUT2D eigenvalue weighted by atomic mass is 15.2. The van der Waals surface area contributed by atoms with Crippen molar-refractivity contribution in [3.8, 4) is 22.4 Å². The van der Waals surface area contributed by atoms with E-state index in [1.165, 1.54) is 49.7 Å². The largest absolute Gasteiger partial charge is 0.310 e. The molecule has 0 radical (unpaired) electrons. The number of hydrogen-bond donors (Lipinski definition) is 0. The van der Waals surface area contributed by atoms with Gasteiger partial charge in [0.2, 0.25) is 5.69 Å². The van der Waals surface area contributed by atoms with Crippen molar-refractivity contribution in [2.45, 2.75) is 11.5 Å². The molecule has 3 nitrogen and oxygen atoms in total. The molecule has 0 amide bonds. The summed E-state index contributed by atoms with van der Waals surface area (Å²) in [5, 5.41) is 11.4. The molecular weight excluding hydrogens is 811 g/mol. The molecule has 67 heavy (non-hydrogen) atoms. The van der Waals surface area contributed by atoms with Crippen LogP contribution < -0.4 is 14.6 Å². The summed E-state index contributed by atoms with van der Waals surface area (Å²) in [7, 11) is 0. The minimum atomic E-state index is -0.545. The van der Waals surface area contributed by atoms with Gasteiger partial charge < -0.3 is 4.90 Å². The normalized spacial score (nSPS) is 14.3. The van der Waals surface area contributed by atoms with Crippen molar-refractivity contribution in [1.29, 1.82) is 0 Å². The van der Waals surface area contributed by atoms with Gasteiger partial charge in [-0.25, -0.2) is 0 Å². The second-order valence-corrected chi connectivity index (χ2v) is 17.6. The first kappa shape index (κ1) is 38.8. The summed E-state index contributed by atoms with van der Waals surface area (Å²) < 4.78 is 2.23. The number of anilines is 3. The molecule has 10 aromatic carbocycles. The topological polar surface area (TPSA) is 21.5 Å². The van der Waals surface area contributed by atoms with E-state index in [9.17, 15) is 0 Å². The van der Waals surface area contributed by atoms with Crippen molar-refractivity contribution < 1.29 is 4.36 Å². The monoisotopic (exact) mass is 854 g/mol. The van der Waals surface area contributed by atoms with Crippen LogP contribution in [0.15, 0.2) is 266 Å². The van der Waals surface area contributed by atoms with E-state index >= 15 is 0 Å². The van der Waals surface area contributed by atoms with E-state index < -0.39 is 5.41 Å². The quantitative estimate of drug-likeness (QED) is 0.140. The third-order valence-electron chi connectivity index (χ3n) is 14.0. The minimum Gasteiger partial charge on any atom is -0.310 e. The lowest BCUT2D eigenvalue weighted by atomic mass is 9.67. The second-order valence-electron chi connectivity index (χ2n) is 17.6. The van der Waals surface area contributed by atoms with Gasteiger partial charge in [0.25, 0.3) is 5.35 Å². The fourth-order valence-corrected chi connectivity index (χ4v) is 11.1. The van der Waals surface area contributed by atoms with E-state index in [2.05, 4.69) is 270 Å². The number of aromatic nitrogens is 1. The Morgan fingerprint density at radius 2 is 0.970 bits per heavy atom. The van der Waals surface area contributed by atoms with Crippen LogP contribution in [0.2, 0.25) is 0 Å². The van der Waals surface area contributed by atoms with Crippen LogP contribution in [-0.2, 0) is 5.41 Å². The maximum Gasteiger partial charge on any atom is 0.252 e. The third kappa shape index (κ3) is 6.12. The summed E-state index contributed by atoms with van der Waals surface area (Å²) >= 11 is 0. The molecule has 2 heterocycles. The van der Waals surface area contributed by atoms with Crippen LogP contribution in [0.1, 0.15) is 39.4 Å². The first-order valence-electron chi connectivity index (χ1n) is 23.2. The zero-order chi connectivity index (χ0) is 44.3. The smallest absolute Gasteiger partial charge is 0.252 e. The van der Waals surface area contributed by atoms with Crippen LogP contribution in [0.4, 0.5) is 17.1 Å². The minimum absolute atomic E-state index is 0.211. The summed E-state index contributed by atoms with van der Waals surface area (Å²) in [4.78, 5) is 2.48. The van der Waals surface area contributed by atoms with Gasteiger partial charge in [0.05, 0.1) is 22.1 Å². The van der Waals surface area contributed by atoms with Crippen molar-refractivity contribution in [2.24, 2.45) is 5.11 Å². The Kier molecular flexibility index (Phi) is 9.14. The average Bonchev–Trinajstić information content (AvgIpc) is 3.95. The van der Waals surface area contributed by atoms with Crippen LogP contribution in [0, 0.1) is 0 Å². The van der Waals surface area contributed by atoms with Gasteiger partial charge >= 0.3 is 0 Å². The van der Waals surface area contributed by atoms with Gasteiger partial charge in [-0.1, -0.05) is 212 Å². The lowest BCUT2D eigenvalue weighted by molar-refractivity contribution is -0.546. The Morgan fingerprint density at radius 3 is 1.70 bits per heavy atom. The van der Waals surface area contributed by atoms with Crippen molar-refractivity contribution in [3.63, 3.8) is 0 Å². The van der Waals surface area contributed by atoms with E-state index in [4.69, 9.17) is 5.11 Å². The van der Waals surface area contributed by atoms with Crippen molar-refractivity contribution in [2.75, 3.05) is 4.90 Å². The second kappa shape index (κ2) is 15.8. The van der Waals surface area contributed by atoms with Crippen LogP contribution in [0.25, 0.3) is 49.5 Å². The van der Waals surface area contributed by atoms with Crippen molar-refractivity contribution in [1.82, 2.24) is 0 Å². The van der Waals surface area contributed by atoms with Crippen LogP contribution in [0.3, 0.4) is 0 Å². The predicted octanol–water partition coefficient (Wildman–Crippen LogP) is 14.8. The maximum atomic E-state index is 5.64. The molecule has 11 aromatic rings. The lowest BCUT2D eigenvalue weighted by Crippen LogP contribution is -2.38.